The second-order valence-electron chi connectivity index (χ2n) is 4.52. The highest BCUT2D eigenvalue weighted by atomic mass is 32.1. The van der Waals surface area contributed by atoms with Crippen molar-refractivity contribution in [3.8, 4) is 0 Å². The van der Waals surface area contributed by atoms with Gasteiger partial charge in [0, 0.05) is 30.7 Å². The van der Waals surface area contributed by atoms with Crippen LogP contribution in [0, 0.1) is 0 Å². The molecule has 20 heavy (non-hydrogen) atoms. The number of hydrogen-bond acceptors (Lipinski definition) is 4. The number of fused-ring (bicyclic) bond motifs is 1. The summed E-state index contributed by atoms with van der Waals surface area (Å²) in [6, 6.07) is 7.81. The Kier molecular flexibility index (Phi) is 3.29. The molecule has 0 bridgehead atoms. The van der Waals surface area contributed by atoms with Gasteiger partial charge in [0.2, 0.25) is 0 Å². The van der Waals surface area contributed by atoms with Gasteiger partial charge in [-0.05, 0) is 11.6 Å². The van der Waals surface area contributed by atoms with Crippen LogP contribution in [-0.4, -0.2) is 18.1 Å². The second kappa shape index (κ2) is 4.97. The molecule has 0 atom stereocenters. The molecular weight excluding hydrogens is 287 g/mol. The Morgan fingerprint density at radius 1 is 1.25 bits per heavy atom. The van der Waals surface area contributed by atoms with Crippen LogP contribution in [0.15, 0.2) is 29.6 Å². The number of rotatable bonds is 1. The van der Waals surface area contributed by atoms with Crippen molar-refractivity contribution in [1.29, 1.82) is 0 Å². The normalized spacial score (nSPS) is 15.4. The van der Waals surface area contributed by atoms with Gasteiger partial charge in [-0.15, -0.1) is 11.3 Å². The predicted molar refractivity (Wildman–Crippen MR) is 73.1 cm³/mol. The third-order valence-corrected chi connectivity index (χ3v) is 4.03. The van der Waals surface area contributed by atoms with E-state index in [-0.39, 0.29) is 0 Å². The maximum absolute atomic E-state index is 12.6. The van der Waals surface area contributed by atoms with E-state index in [0.29, 0.717) is 24.8 Å². The lowest BCUT2D eigenvalue weighted by molar-refractivity contribution is -0.140. The van der Waals surface area contributed by atoms with Crippen molar-refractivity contribution >= 4 is 22.2 Å². The highest BCUT2D eigenvalue weighted by Gasteiger charge is 2.34. The highest BCUT2D eigenvalue weighted by Crippen LogP contribution is 2.34. The molecule has 1 aromatic heterocycles. The zero-order valence-electron chi connectivity index (χ0n) is 10.4. The molecule has 0 saturated carbocycles. The molecule has 3 nitrogen and oxygen atoms in total. The maximum Gasteiger partial charge on any atom is 0.434 e. The number of nitrogens with one attached hydrogen (secondary N) is 1. The van der Waals surface area contributed by atoms with Crippen LogP contribution in [-0.2, 0) is 12.7 Å². The molecule has 0 fully saturated rings. The molecule has 7 heteroatoms. The summed E-state index contributed by atoms with van der Waals surface area (Å²) in [5.41, 5.74) is 1.28. The van der Waals surface area contributed by atoms with Gasteiger partial charge >= 0.3 is 6.18 Å². The molecule has 1 aromatic carbocycles. The number of benzene rings is 1. The maximum atomic E-state index is 12.6. The third-order valence-electron chi connectivity index (χ3n) is 3.13. The second-order valence-corrected chi connectivity index (χ2v) is 5.36. The van der Waals surface area contributed by atoms with Gasteiger partial charge in [-0.1, -0.05) is 18.2 Å². The molecule has 3 rings (SSSR count). The van der Waals surface area contributed by atoms with E-state index >= 15 is 0 Å². The molecular formula is C13H12F3N3S. The van der Waals surface area contributed by atoms with Crippen LogP contribution >= 0.6 is 11.3 Å². The van der Waals surface area contributed by atoms with E-state index in [0.717, 1.165) is 28.0 Å². The summed E-state index contributed by atoms with van der Waals surface area (Å²) in [7, 11) is 0. The summed E-state index contributed by atoms with van der Waals surface area (Å²) >= 11 is 1.03. The van der Waals surface area contributed by atoms with Crippen molar-refractivity contribution < 1.29 is 13.2 Å². The van der Waals surface area contributed by atoms with E-state index in [1.165, 1.54) is 0 Å². The third kappa shape index (κ3) is 2.58. The number of para-hydroxylation sites is 1. The first-order chi connectivity index (χ1) is 9.54. The number of thiazole rings is 1. The lowest BCUT2D eigenvalue weighted by Crippen LogP contribution is -2.25. The van der Waals surface area contributed by atoms with E-state index in [2.05, 4.69) is 10.3 Å². The first kappa shape index (κ1) is 13.2. The van der Waals surface area contributed by atoms with Gasteiger partial charge in [-0.2, -0.15) is 13.2 Å². The average molecular weight is 299 g/mol. The smallest absolute Gasteiger partial charge is 0.383 e. The van der Waals surface area contributed by atoms with Crippen molar-refractivity contribution in [2.24, 2.45) is 0 Å². The van der Waals surface area contributed by atoms with Crippen LogP contribution in [0.25, 0.3) is 0 Å². The van der Waals surface area contributed by atoms with Gasteiger partial charge in [0.25, 0.3) is 0 Å². The molecule has 0 spiro atoms. The van der Waals surface area contributed by atoms with Crippen LogP contribution in [0.4, 0.5) is 24.0 Å². The molecule has 0 radical (unpaired) electrons. The zero-order valence-corrected chi connectivity index (χ0v) is 11.3. The molecule has 0 amide bonds. The van der Waals surface area contributed by atoms with Crippen LogP contribution in [0.1, 0.15) is 11.3 Å². The van der Waals surface area contributed by atoms with E-state index in [4.69, 9.17) is 0 Å². The lowest BCUT2D eigenvalue weighted by Gasteiger charge is -2.19. The molecule has 1 aliphatic heterocycles. The molecule has 1 N–H and O–H groups in total. The molecule has 106 valence electrons. The lowest BCUT2D eigenvalue weighted by atomic mass is 10.2. The van der Waals surface area contributed by atoms with Gasteiger partial charge in [0.15, 0.2) is 10.8 Å². The van der Waals surface area contributed by atoms with Crippen molar-refractivity contribution in [3.05, 3.63) is 40.9 Å². The first-order valence-electron chi connectivity index (χ1n) is 6.13. The van der Waals surface area contributed by atoms with Crippen molar-refractivity contribution in [1.82, 2.24) is 4.98 Å². The monoisotopic (exact) mass is 299 g/mol. The Balaban J connectivity index is 1.86. The van der Waals surface area contributed by atoms with E-state index in [1.807, 2.05) is 29.2 Å². The largest absolute Gasteiger partial charge is 0.434 e. The average Bonchev–Trinajstić information content (AvgIpc) is 2.80. The van der Waals surface area contributed by atoms with E-state index < -0.39 is 11.9 Å². The summed E-state index contributed by atoms with van der Waals surface area (Å²) < 4.78 is 37.8. The molecule has 0 saturated heterocycles. The zero-order chi connectivity index (χ0) is 14.2. The van der Waals surface area contributed by atoms with Crippen molar-refractivity contribution in [3.63, 3.8) is 0 Å². The quantitative estimate of drug-likeness (QED) is 0.872. The minimum atomic E-state index is -4.38. The van der Waals surface area contributed by atoms with Crippen molar-refractivity contribution in [2.75, 3.05) is 23.3 Å². The van der Waals surface area contributed by atoms with Crippen LogP contribution in [0.3, 0.4) is 0 Å². The topological polar surface area (TPSA) is 28.2 Å². The van der Waals surface area contributed by atoms with Gasteiger partial charge in [-0.25, -0.2) is 4.98 Å². The summed E-state index contributed by atoms with van der Waals surface area (Å²) in [6.07, 6.45) is -4.38. The molecule has 2 heterocycles. The van der Waals surface area contributed by atoms with Crippen LogP contribution < -0.4 is 10.2 Å². The Morgan fingerprint density at radius 2 is 2.05 bits per heavy atom. The Morgan fingerprint density at radius 3 is 2.80 bits per heavy atom. The Labute approximate surface area is 118 Å². The Hall–Kier alpha value is -1.76. The molecule has 2 aromatic rings. The molecule has 1 aliphatic rings. The fourth-order valence-corrected chi connectivity index (χ4v) is 3.00. The number of hydrogen-bond donors (Lipinski definition) is 1. The first-order valence-corrected chi connectivity index (χ1v) is 7.01. The van der Waals surface area contributed by atoms with Gasteiger partial charge in [-0.3, -0.25) is 0 Å². The number of nitrogens with zero attached hydrogens (tertiary/aromatic N) is 2. The standard InChI is InChI=1S/C13H12F3N3S/c14-13(15,16)11-8-20-12(18-11)19-6-5-17-10-4-2-1-3-9(10)7-19/h1-4,8,17H,5-7H2. The SMILES string of the molecule is FC(F)(F)c1csc(N2CCNc3ccccc3C2)n1. The number of aromatic nitrogens is 1. The number of alkyl halides is 3. The minimum Gasteiger partial charge on any atom is -0.383 e. The Bertz CT molecular complexity index is 609. The van der Waals surface area contributed by atoms with Gasteiger partial charge in [0.05, 0.1) is 0 Å². The minimum absolute atomic E-state index is 0.413. The molecule has 0 unspecified atom stereocenters. The fraction of sp³-hybridized carbons (Fsp3) is 0.308. The summed E-state index contributed by atoms with van der Waals surface area (Å²) in [5, 5.41) is 4.76. The predicted octanol–water partition coefficient (Wildman–Crippen LogP) is 3.59. The van der Waals surface area contributed by atoms with Crippen LogP contribution in [0.5, 0.6) is 0 Å². The van der Waals surface area contributed by atoms with Gasteiger partial charge in [0.1, 0.15) is 0 Å². The van der Waals surface area contributed by atoms with Gasteiger partial charge < -0.3 is 10.2 Å². The highest BCUT2D eigenvalue weighted by molar-refractivity contribution is 7.13. The van der Waals surface area contributed by atoms with E-state index in [9.17, 15) is 13.2 Å². The number of halogens is 3. The summed E-state index contributed by atoms with van der Waals surface area (Å²) in [6.45, 7) is 1.87. The van der Waals surface area contributed by atoms with Crippen molar-refractivity contribution in [2.45, 2.75) is 12.7 Å². The van der Waals surface area contributed by atoms with Crippen LogP contribution in [0.2, 0.25) is 0 Å². The summed E-state index contributed by atoms with van der Waals surface area (Å²) in [5.74, 6) is 0. The fourth-order valence-electron chi connectivity index (χ4n) is 2.14. The molecule has 0 aliphatic carbocycles. The van der Waals surface area contributed by atoms with E-state index in [1.54, 1.807) is 0 Å². The number of anilines is 2. The summed E-state index contributed by atoms with van der Waals surface area (Å²) in [4.78, 5) is 5.59.